The zero-order valence-corrected chi connectivity index (χ0v) is 27.9. The van der Waals surface area contributed by atoms with E-state index in [-0.39, 0.29) is 5.41 Å². The number of thiophene rings is 1. The fourth-order valence-corrected chi connectivity index (χ4v) is 7.58. The molecule has 2 aromatic heterocycles. The Bertz CT molecular complexity index is 1730. The minimum Gasteiger partial charge on any atom is -0.416 e. The summed E-state index contributed by atoms with van der Waals surface area (Å²) in [5.74, 6) is 0.589. The Labute approximate surface area is 265 Å². The normalized spacial score (nSPS) is 12.1. The van der Waals surface area contributed by atoms with Gasteiger partial charge in [0.1, 0.15) is 0 Å². The molecule has 0 saturated heterocycles. The molecule has 0 amide bonds. The summed E-state index contributed by atoms with van der Waals surface area (Å²) in [5, 5.41) is 14.7. The number of benzene rings is 4. The van der Waals surface area contributed by atoms with Gasteiger partial charge in [-0.1, -0.05) is 136 Å². The second-order valence-electron chi connectivity index (χ2n) is 12.3. The molecule has 0 saturated carbocycles. The summed E-state index contributed by atoms with van der Waals surface area (Å²) < 4.78 is 6.20. The smallest absolute Gasteiger partial charge is 0.205 e. The molecule has 0 bridgehead atoms. The quantitative estimate of drug-likeness (QED) is 0.121. The molecule has 6 rings (SSSR count). The monoisotopic (exact) mass is 614 g/mol. The average Bonchev–Trinajstić information content (AvgIpc) is 3.71. The summed E-state index contributed by atoms with van der Waals surface area (Å²) in [7, 11) is -1.16. The Morgan fingerprint density at radius 1 is 0.705 bits per heavy atom. The molecule has 0 unspecified atom stereocenters. The van der Waals surface area contributed by atoms with E-state index in [0.29, 0.717) is 12.4 Å². The average molecular weight is 615 g/mol. The number of hydrogen-bond acceptors (Lipinski definition) is 5. The second-order valence-corrected chi connectivity index (χ2v) is 15.8. The van der Waals surface area contributed by atoms with Gasteiger partial charge in [0.2, 0.25) is 5.82 Å². The van der Waals surface area contributed by atoms with Gasteiger partial charge >= 0.3 is 0 Å². The minimum absolute atomic E-state index is 0.0110. The number of hydrogen-bond donors (Lipinski definition) is 0. The summed E-state index contributed by atoms with van der Waals surface area (Å²) in [6.45, 7) is 11.9. The van der Waals surface area contributed by atoms with E-state index in [1.54, 1.807) is 4.80 Å². The third-order valence-electron chi connectivity index (χ3n) is 7.78. The summed E-state index contributed by atoms with van der Waals surface area (Å²) in [6, 6.07) is 42.0. The molecule has 0 fully saturated rings. The predicted molar refractivity (Wildman–Crippen MR) is 184 cm³/mol. The van der Waals surface area contributed by atoms with Crippen LogP contribution < -0.4 is 0 Å². The molecule has 6 aromatic rings. The van der Waals surface area contributed by atoms with Crippen molar-refractivity contribution in [3.05, 3.63) is 148 Å². The number of aromatic nitrogens is 4. The van der Waals surface area contributed by atoms with Gasteiger partial charge in [-0.15, -0.1) is 26.3 Å². The Morgan fingerprint density at radius 2 is 1.20 bits per heavy atom. The molecule has 2 heterocycles. The molecule has 0 atom stereocenters. The van der Waals surface area contributed by atoms with Crippen molar-refractivity contribution in [1.82, 2.24) is 20.2 Å². The van der Waals surface area contributed by atoms with Gasteiger partial charge in [0.15, 0.2) is 14.6 Å². The van der Waals surface area contributed by atoms with Gasteiger partial charge in [-0.05, 0) is 52.0 Å². The lowest BCUT2D eigenvalue weighted by atomic mass is 9.77. The first-order valence-electron chi connectivity index (χ1n) is 15.1. The molecule has 0 spiro atoms. The van der Waals surface area contributed by atoms with E-state index in [4.69, 9.17) is 19.8 Å². The summed E-state index contributed by atoms with van der Waals surface area (Å²) in [5.41, 5.74) is 5.67. The lowest BCUT2D eigenvalue weighted by Crippen LogP contribution is -2.39. The Kier molecular flexibility index (Phi) is 8.45. The van der Waals surface area contributed by atoms with Gasteiger partial charge in [-0.3, -0.25) is 0 Å². The van der Waals surface area contributed by atoms with Crippen LogP contribution in [-0.4, -0.2) is 29.2 Å². The summed E-state index contributed by atoms with van der Waals surface area (Å²) in [6.07, 6.45) is 0. The van der Waals surface area contributed by atoms with Crippen molar-refractivity contribution in [3.63, 3.8) is 0 Å². The molecule has 5 nitrogen and oxygen atoms in total. The van der Waals surface area contributed by atoms with Gasteiger partial charge in [0.25, 0.3) is 0 Å². The van der Waals surface area contributed by atoms with Crippen LogP contribution in [0.5, 0.6) is 0 Å². The maximum atomic E-state index is 6.20. The summed E-state index contributed by atoms with van der Waals surface area (Å²) in [4.78, 5) is 4.33. The molecule has 7 heteroatoms. The second kappa shape index (κ2) is 12.4. The third-order valence-corrected chi connectivity index (χ3v) is 10.3. The molecule has 0 aliphatic carbocycles. The molecule has 4 aromatic carbocycles. The van der Waals surface area contributed by atoms with Crippen molar-refractivity contribution in [1.29, 1.82) is 0 Å². The first kappa shape index (κ1) is 29.9. The number of tetrazole rings is 1. The Balaban J connectivity index is 1.52. The maximum absolute atomic E-state index is 6.20. The fraction of sp³-hybridized carbons (Fsp3) is 0.216. The highest BCUT2D eigenvalue weighted by Gasteiger charge is 2.41. The van der Waals surface area contributed by atoms with E-state index in [1.807, 2.05) is 35.6 Å². The molecule has 44 heavy (non-hydrogen) atoms. The Morgan fingerprint density at radius 3 is 1.70 bits per heavy atom. The molecule has 0 radical (unpaired) electrons. The highest BCUT2D eigenvalue weighted by molar-refractivity contribution is 7.15. The van der Waals surface area contributed by atoms with Crippen molar-refractivity contribution in [2.75, 3.05) is 0 Å². The van der Waals surface area contributed by atoms with Crippen LogP contribution in [0.15, 0.2) is 121 Å². The zero-order chi connectivity index (χ0) is 30.7. The largest absolute Gasteiger partial charge is 0.416 e. The van der Waals surface area contributed by atoms with Crippen molar-refractivity contribution in [2.45, 2.75) is 51.4 Å². The van der Waals surface area contributed by atoms with Crippen LogP contribution in [0.4, 0.5) is 0 Å². The van der Waals surface area contributed by atoms with E-state index in [9.17, 15) is 0 Å². The van der Waals surface area contributed by atoms with E-state index in [0.717, 1.165) is 27.8 Å². The van der Waals surface area contributed by atoms with Crippen LogP contribution in [0.2, 0.25) is 13.1 Å². The SMILES string of the molecule is C[SiH](C)OCc1cc(-c2ccccc2-c2nnn(C(c3ccccc3)(c3ccccc3)c3ccccc3)n2)sc1C(C)(C)C. The molecule has 0 aliphatic heterocycles. The van der Waals surface area contributed by atoms with Crippen LogP contribution in [-0.2, 0) is 22.0 Å². The molecule has 0 aliphatic rings. The maximum Gasteiger partial charge on any atom is 0.205 e. The predicted octanol–water partition coefficient (Wildman–Crippen LogP) is 8.71. The van der Waals surface area contributed by atoms with Crippen LogP contribution >= 0.6 is 11.3 Å². The van der Waals surface area contributed by atoms with Crippen LogP contribution in [0.3, 0.4) is 0 Å². The lowest BCUT2D eigenvalue weighted by molar-refractivity contribution is 0.312. The van der Waals surface area contributed by atoms with Crippen LogP contribution in [0, 0.1) is 0 Å². The van der Waals surface area contributed by atoms with Gasteiger partial charge < -0.3 is 4.43 Å². The van der Waals surface area contributed by atoms with Gasteiger partial charge in [0.05, 0.1) is 6.61 Å². The van der Waals surface area contributed by atoms with Gasteiger partial charge in [0, 0.05) is 20.9 Å². The van der Waals surface area contributed by atoms with Crippen molar-refractivity contribution in [3.8, 4) is 21.8 Å². The lowest BCUT2D eigenvalue weighted by Gasteiger charge is -2.34. The molecular weight excluding hydrogens is 577 g/mol. The van der Waals surface area contributed by atoms with Crippen molar-refractivity contribution < 1.29 is 4.43 Å². The van der Waals surface area contributed by atoms with E-state index >= 15 is 0 Å². The highest BCUT2D eigenvalue weighted by atomic mass is 32.1. The molecular formula is C37H38N4OSSi. The van der Waals surface area contributed by atoms with Crippen molar-refractivity contribution >= 4 is 20.4 Å². The topological polar surface area (TPSA) is 52.8 Å². The van der Waals surface area contributed by atoms with Gasteiger partial charge in [-0.2, -0.15) is 0 Å². The van der Waals surface area contributed by atoms with E-state index in [2.05, 4.69) is 131 Å². The van der Waals surface area contributed by atoms with E-state index < -0.39 is 14.6 Å². The minimum atomic E-state index is -1.16. The van der Waals surface area contributed by atoms with E-state index in [1.165, 1.54) is 15.3 Å². The zero-order valence-electron chi connectivity index (χ0n) is 25.9. The fourth-order valence-electron chi connectivity index (χ4n) is 5.80. The first-order chi connectivity index (χ1) is 21.3. The number of rotatable bonds is 9. The standard InChI is InChI=1S/C37H38N4OSSi/c1-36(2,3)34-27(26-42-44(4)5)25-33(43-34)31-23-15-16-24-32(31)35-38-40-41(39-35)37(28-17-9-6-10-18-28,29-19-11-7-12-20-29)30-21-13-8-14-22-30/h6-25,44H,26H2,1-5H3. The van der Waals surface area contributed by atoms with Crippen LogP contribution in [0.1, 0.15) is 47.9 Å². The first-order valence-corrected chi connectivity index (χ1v) is 18.7. The van der Waals surface area contributed by atoms with Gasteiger partial charge in [-0.25, -0.2) is 0 Å². The van der Waals surface area contributed by atoms with Crippen molar-refractivity contribution in [2.24, 2.45) is 0 Å². The molecule has 0 N–H and O–H groups in total. The van der Waals surface area contributed by atoms with Crippen LogP contribution in [0.25, 0.3) is 21.8 Å². The Hall–Kier alpha value is -4.17. The third kappa shape index (κ3) is 5.71. The summed E-state index contributed by atoms with van der Waals surface area (Å²) >= 11 is 1.84. The number of nitrogens with zero attached hydrogens (tertiary/aromatic N) is 4. The highest BCUT2D eigenvalue weighted by Crippen LogP contribution is 2.43. The molecule has 222 valence electrons.